The second-order valence-corrected chi connectivity index (χ2v) is 26.1. The topological polar surface area (TPSA) is 223 Å². The van der Waals surface area contributed by atoms with Gasteiger partial charge in [0.15, 0.2) is 5.82 Å². The van der Waals surface area contributed by atoms with Crippen molar-refractivity contribution in [3.05, 3.63) is 94.6 Å². The zero-order valence-electron chi connectivity index (χ0n) is 50.3. The Morgan fingerprint density at radius 2 is 1.40 bits per heavy atom. The van der Waals surface area contributed by atoms with Crippen molar-refractivity contribution in [2.24, 2.45) is 11.8 Å². The van der Waals surface area contributed by atoms with Crippen LogP contribution in [0.1, 0.15) is 159 Å². The molecule has 0 bridgehead atoms. The molecule has 6 fully saturated rings. The Balaban J connectivity index is 0.682. The number of halogens is 1. The number of anilines is 4. The number of pyridine rings is 1. The van der Waals surface area contributed by atoms with Crippen LogP contribution in [0.25, 0.3) is 22.3 Å². The van der Waals surface area contributed by atoms with Gasteiger partial charge in [0.2, 0.25) is 29.5 Å². The molecule has 6 aliphatic heterocycles. The summed E-state index contributed by atoms with van der Waals surface area (Å²) in [4.78, 5) is 130. The first-order valence-corrected chi connectivity index (χ1v) is 31.5. The van der Waals surface area contributed by atoms with E-state index in [-0.39, 0.29) is 83.2 Å². The number of aromatic nitrogens is 3. The molecule has 0 radical (unpaired) electrons. The van der Waals surface area contributed by atoms with Crippen LogP contribution in [0.3, 0.4) is 0 Å². The number of piperidine rings is 3. The molecule has 2 saturated carbocycles. The molecule has 87 heavy (non-hydrogen) atoms. The third-order valence-corrected chi connectivity index (χ3v) is 20.1. The smallest absolute Gasteiger partial charge is 0.262 e. The molecule has 8 heterocycles. The van der Waals surface area contributed by atoms with Gasteiger partial charge in [0.1, 0.15) is 17.4 Å². The van der Waals surface area contributed by atoms with E-state index in [0.717, 1.165) is 53.3 Å². The van der Waals surface area contributed by atoms with Crippen LogP contribution in [-0.4, -0.2) is 158 Å². The number of hydrogen-bond acceptors (Lipinski definition) is 13. The zero-order chi connectivity index (χ0) is 60.7. The number of imide groups is 2. The van der Waals surface area contributed by atoms with Gasteiger partial charge in [-0.25, -0.2) is 14.4 Å². The van der Waals surface area contributed by atoms with Gasteiger partial charge >= 0.3 is 0 Å². The molecule has 8 aliphatic rings. The van der Waals surface area contributed by atoms with Crippen LogP contribution in [0.2, 0.25) is 0 Å². The number of aryl methyl sites for hydroxylation is 1. The number of amides is 8. The lowest BCUT2D eigenvalue weighted by Crippen LogP contribution is -2.58. The number of imidazole rings is 1. The van der Waals surface area contributed by atoms with Gasteiger partial charge in [-0.05, 0) is 172 Å². The molecular weight excluding hydrogens is 1110 g/mol. The SMILES string of the molecule is Cc1cc(F)c(Nc2nc(-c3ccc4c(c3)N([C@H]3C[C@@H](N5CCCCC5)C3)C(=O)C43CCN(C(=O)[C@H]4CC[C@@H](C(=O)N5CCN(c6ccc7c(c6)C(=O)N(C6CCC(=O)NC6=O)C7=O)CC5)CC4)CC3)cc3ncn(C(C)C)c23)cc1C(=O)NC(C)C. The summed E-state index contributed by atoms with van der Waals surface area (Å²) < 4.78 is 18.0. The van der Waals surface area contributed by atoms with Crippen molar-refractivity contribution in [2.75, 3.05) is 67.5 Å². The van der Waals surface area contributed by atoms with Crippen LogP contribution >= 0.6 is 0 Å². The first-order chi connectivity index (χ1) is 41.8. The lowest BCUT2D eigenvalue weighted by molar-refractivity contribution is -0.143. The number of nitrogens with one attached hydrogen (secondary N) is 3. The molecular formula is C66H77FN12O8. The Hall–Kier alpha value is -8.07. The van der Waals surface area contributed by atoms with Crippen molar-refractivity contribution in [1.29, 1.82) is 0 Å². The Bertz CT molecular complexity index is 3660. The molecule has 1 atom stereocenters. The maximum atomic E-state index is 16.0. The third-order valence-electron chi connectivity index (χ3n) is 20.1. The van der Waals surface area contributed by atoms with E-state index in [1.54, 1.807) is 31.5 Å². The summed E-state index contributed by atoms with van der Waals surface area (Å²) in [6, 6.07) is 15.4. The molecule has 1 spiro atoms. The molecule has 2 aliphatic carbocycles. The predicted molar refractivity (Wildman–Crippen MR) is 325 cm³/mol. The van der Waals surface area contributed by atoms with Crippen LogP contribution in [0.4, 0.5) is 27.3 Å². The summed E-state index contributed by atoms with van der Waals surface area (Å²) in [6.45, 7) is 14.6. The standard InChI is InChI=1S/C66H77FN12O8/c1-37(2)69-59(81)47-34-52(50(67)29-39(47)5)71-58-57-53(68-36-77(57)38(3)4)35-51(70-58)42-13-16-49-55(30-42)78(45-31-44(32-45)73-21-7-6-8-22-73)65(87)66(49)19-23-75(24-20-66)61(83)40-9-11-41(12-10-40)62(84)76-27-25-74(26-28-76)43-14-15-46-48(33-43)64(86)79(63(46)85)54-17-18-56(80)72-60(54)82/h13-16,29-30,33-38,40-41,44-45,54H,6-12,17-28,31-32H2,1-5H3,(H,69,81)(H,70,71)(H,72,80,82)/t40-,41+,44-,45+,54?. The number of nitrogens with zero attached hydrogens (tertiary/aromatic N) is 9. The summed E-state index contributed by atoms with van der Waals surface area (Å²) in [5.74, 6) is -2.77. The number of piperazine rings is 1. The molecule has 8 amide bonds. The van der Waals surface area contributed by atoms with Crippen molar-refractivity contribution in [2.45, 2.75) is 154 Å². The van der Waals surface area contributed by atoms with Gasteiger partial charge in [0.05, 0.1) is 39.8 Å². The molecule has 13 rings (SSSR count). The van der Waals surface area contributed by atoms with Gasteiger partial charge in [-0.3, -0.25) is 48.6 Å². The summed E-state index contributed by atoms with van der Waals surface area (Å²) in [7, 11) is 0. The average molecular weight is 1190 g/mol. The van der Waals surface area contributed by atoms with Crippen molar-refractivity contribution in [3.8, 4) is 11.3 Å². The van der Waals surface area contributed by atoms with Crippen molar-refractivity contribution in [1.82, 2.24) is 44.8 Å². The zero-order valence-corrected chi connectivity index (χ0v) is 50.3. The van der Waals surface area contributed by atoms with Gasteiger partial charge in [-0.2, -0.15) is 0 Å². The van der Waals surface area contributed by atoms with Gasteiger partial charge < -0.3 is 39.7 Å². The monoisotopic (exact) mass is 1180 g/mol. The minimum Gasteiger partial charge on any atom is -0.368 e. The molecule has 2 aromatic heterocycles. The molecule has 20 nitrogen and oxygen atoms in total. The second kappa shape index (κ2) is 22.9. The molecule has 1 unspecified atom stereocenters. The number of hydrogen-bond donors (Lipinski definition) is 3. The Morgan fingerprint density at radius 3 is 2.07 bits per heavy atom. The fraction of sp³-hybridized carbons (Fsp3) is 0.515. The molecule has 21 heteroatoms. The number of carbonyl (C=O) groups excluding carboxylic acids is 8. The summed E-state index contributed by atoms with van der Waals surface area (Å²) >= 11 is 0. The lowest BCUT2D eigenvalue weighted by Gasteiger charge is -2.48. The highest BCUT2D eigenvalue weighted by Gasteiger charge is 2.56. The quantitative estimate of drug-likeness (QED) is 0.102. The third kappa shape index (κ3) is 10.4. The molecule has 5 aromatic rings. The highest BCUT2D eigenvalue weighted by Crippen LogP contribution is 2.53. The van der Waals surface area contributed by atoms with Gasteiger partial charge in [0.25, 0.3) is 17.7 Å². The van der Waals surface area contributed by atoms with E-state index >= 15 is 9.18 Å². The van der Waals surface area contributed by atoms with Crippen LogP contribution in [0, 0.1) is 24.6 Å². The van der Waals surface area contributed by atoms with Crippen molar-refractivity contribution >= 4 is 81.2 Å². The van der Waals surface area contributed by atoms with E-state index in [9.17, 15) is 33.6 Å². The number of fused-ring (bicyclic) bond motifs is 4. The van der Waals surface area contributed by atoms with Crippen LogP contribution in [0.5, 0.6) is 0 Å². The Morgan fingerprint density at radius 1 is 0.724 bits per heavy atom. The fourth-order valence-corrected chi connectivity index (χ4v) is 15.2. The van der Waals surface area contributed by atoms with Crippen LogP contribution in [0.15, 0.2) is 60.9 Å². The molecule has 3 aromatic carbocycles. The van der Waals surface area contributed by atoms with E-state index in [2.05, 4.69) is 42.8 Å². The van der Waals surface area contributed by atoms with E-state index in [4.69, 9.17) is 9.97 Å². The minimum absolute atomic E-state index is 0.00203. The highest BCUT2D eigenvalue weighted by molar-refractivity contribution is 6.24. The van der Waals surface area contributed by atoms with Gasteiger partial charge in [-0.15, -0.1) is 0 Å². The Labute approximate surface area is 505 Å². The number of carbonyl (C=O) groups is 8. The van der Waals surface area contributed by atoms with Gasteiger partial charge in [-0.1, -0.05) is 18.6 Å². The van der Waals surface area contributed by atoms with Crippen LogP contribution < -0.4 is 25.8 Å². The first kappa shape index (κ1) is 58.0. The maximum absolute atomic E-state index is 16.0. The molecule has 456 valence electrons. The van der Waals surface area contributed by atoms with Crippen molar-refractivity contribution < 1.29 is 42.7 Å². The van der Waals surface area contributed by atoms with E-state index in [1.807, 2.05) is 54.2 Å². The minimum atomic E-state index is -1.04. The Kier molecular flexibility index (Phi) is 15.3. The second-order valence-electron chi connectivity index (χ2n) is 26.1. The number of rotatable bonds is 12. The maximum Gasteiger partial charge on any atom is 0.262 e. The van der Waals surface area contributed by atoms with E-state index < -0.39 is 40.9 Å². The number of benzene rings is 3. The molecule has 4 saturated heterocycles. The average Bonchev–Trinajstić information content (AvgIpc) is 1.58. The lowest BCUT2D eigenvalue weighted by atomic mass is 9.72. The molecule has 3 N–H and O–H groups in total. The fourth-order valence-electron chi connectivity index (χ4n) is 15.2. The van der Waals surface area contributed by atoms with Gasteiger partial charge in [0, 0.05) is 104 Å². The normalized spacial score (nSPS) is 24.1. The highest BCUT2D eigenvalue weighted by atomic mass is 19.1. The van der Waals surface area contributed by atoms with Crippen LogP contribution in [-0.2, 0) is 29.4 Å². The van der Waals surface area contributed by atoms with E-state index in [1.165, 1.54) is 31.4 Å². The number of likely N-dealkylation sites (tertiary alicyclic amines) is 2. The van der Waals surface area contributed by atoms with Crippen molar-refractivity contribution in [3.63, 3.8) is 0 Å². The first-order valence-electron chi connectivity index (χ1n) is 31.5. The largest absolute Gasteiger partial charge is 0.368 e. The predicted octanol–water partition coefficient (Wildman–Crippen LogP) is 7.79. The van der Waals surface area contributed by atoms with E-state index in [0.29, 0.717) is 118 Å². The summed E-state index contributed by atoms with van der Waals surface area (Å²) in [6.07, 6.45) is 10.7. The summed E-state index contributed by atoms with van der Waals surface area (Å²) in [5.41, 5.74) is 5.89. The summed E-state index contributed by atoms with van der Waals surface area (Å²) in [5, 5.41) is 8.43.